The van der Waals surface area contributed by atoms with E-state index in [1.54, 1.807) is 18.3 Å². The van der Waals surface area contributed by atoms with Gasteiger partial charge in [0.15, 0.2) is 0 Å². The molecular formula is C16H17NOS. The largest absolute Gasteiger partial charge is 0.300 e. The average molecular weight is 271 g/mol. The molecule has 0 amide bonds. The van der Waals surface area contributed by atoms with Gasteiger partial charge >= 0.3 is 0 Å². The van der Waals surface area contributed by atoms with E-state index in [0.29, 0.717) is 6.42 Å². The Morgan fingerprint density at radius 2 is 2.16 bits per heavy atom. The molecule has 3 heteroatoms. The summed E-state index contributed by atoms with van der Waals surface area (Å²) in [6, 6.07) is 6.70. The van der Waals surface area contributed by atoms with Gasteiger partial charge in [-0.2, -0.15) is 0 Å². The first-order valence-corrected chi connectivity index (χ1v) is 7.66. The molecule has 0 bridgehead atoms. The van der Waals surface area contributed by atoms with E-state index in [2.05, 4.69) is 28.6 Å². The van der Waals surface area contributed by atoms with Crippen molar-refractivity contribution in [3.63, 3.8) is 0 Å². The summed E-state index contributed by atoms with van der Waals surface area (Å²) in [5, 5.41) is 3.16. The zero-order valence-corrected chi connectivity index (χ0v) is 11.9. The summed E-state index contributed by atoms with van der Waals surface area (Å²) >= 11 is 1.66. The van der Waals surface area contributed by atoms with Crippen molar-refractivity contribution in [2.45, 2.75) is 39.0 Å². The van der Waals surface area contributed by atoms with E-state index >= 15 is 0 Å². The minimum atomic E-state index is 0.231. The molecule has 2 aromatic rings. The second kappa shape index (κ2) is 5.25. The summed E-state index contributed by atoms with van der Waals surface area (Å²) in [6.07, 6.45) is 5.06. The first kappa shape index (κ1) is 12.5. The van der Waals surface area contributed by atoms with Gasteiger partial charge in [-0.3, -0.25) is 0 Å². The number of aryl methyl sites for hydroxylation is 3. The maximum Gasteiger partial charge on any atom is 0.130 e. The fraction of sp³-hybridized carbons (Fsp3) is 0.375. The first-order chi connectivity index (χ1) is 9.22. The fourth-order valence-corrected chi connectivity index (χ4v) is 3.38. The highest BCUT2D eigenvalue weighted by atomic mass is 32.1. The van der Waals surface area contributed by atoms with Crippen LogP contribution in [-0.2, 0) is 24.1 Å². The molecule has 1 aliphatic carbocycles. The molecule has 0 radical (unpaired) electrons. The molecule has 1 aromatic carbocycles. The highest BCUT2D eigenvalue weighted by molar-refractivity contribution is 7.09. The molecule has 0 fully saturated rings. The van der Waals surface area contributed by atoms with E-state index < -0.39 is 0 Å². The maximum absolute atomic E-state index is 11.0. The Morgan fingerprint density at radius 1 is 1.32 bits per heavy atom. The van der Waals surface area contributed by atoms with E-state index in [-0.39, 0.29) is 5.78 Å². The molecule has 0 spiro atoms. The van der Waals surface area contributed by atoms with Gasteiger partial charge in [-0.05, 0) is 43.4 Å². The molecule has 19 heavy (non-hydrogen) atoms. The Kier molecular flexibility index (Phi) is 3.47. The lowest BCUT2D eigenvalue weighted by atomic mass is 10.1. The number of ketones is 1. The van der Waals surface area contributed by atoms with Crippen molar-refractivity contribution in [3.05, 3.63) is 39.7 Å². The summed E-state index contributed by atoms with van der Waals surface area (Å²) in [7, 11) is 0. The predicted molar refractivity (Wildman–Crippen MR) is 78.6 cm³/mol. The lowest BCUT2D eigenvalue weighted by Gasteiger charge is -2.02. The minimum absolute atomic E-state index is 0.231. The summed E-state index contributed by atoms with van der Waals surface area (Å²) in [5.74, 6) is 0.231. The zero-order chi connectivity index (χ0) is 13.2. The minimum Gasteiger partial charge on any atom is -0.300 e. The Bertz CT molecular complexity index is 615. The van der Waals surface area contributed by atoms with E-state index in [4.69, 9.17) is 0 Å². The third-order valence-corrected chi connectivity index (χ3v) is 4.55. The molecule has 1 heterocycles. The van der Waals surface area contributed by atoms with Gasteiger partial charge in [-0.1, -0.05) is 12.1 Å². The van der Waals surface area contributed by atoms with Crippen molar-refractivity contribution >= 4 is 17.1 Å². The Morgan fingerprint density at radius 3 is 3.00 bits per heavy atom. The molecule has 98 valence electrons. The number of rotatable bonds is 4. The van der Waals surface area contributed by atoms with Crippen molar-refractivity contribution in [3.8, 4) is 11.3 Å². The van der Waals surface area contributed by atoms with E-state index in [0.717, 1.165) is 17.1 Å². The summed E-state index contributed by atoms with van der Waals surface area (Å²) < 4.78 is 0. The van der Waals surface area contributed by atoms with Crippen LogP contribution in [0, 0.1) is 0 Å². The van der Waals surface area contributed by atoms with Crippen LogP contribution in [0.2, 0.25) is 0 Å². The van der Waals surface area contributed by atoms with Crippen LogP contribution in [0.15, 0.2) is 23.6 Å². The van der Waals surface area contributed by atoms with Crippen molar-refractivity contribution < 1.29 is 4.79 Å². The molecule has 1 aliphatic rings. The van der Waals surface area contributed by atoms with Crippen LogP contribution >= 0.6 is 11.3 Å². The van der Waals surface area contributed by atoms with Crippen LogP contribution in [0.3, 0.4) is 0 Å². The molecule has 0 saturated heterocycles. The third-order valence-electron chi connectivity index (χ3n) is 3.64. The highest BCUT2D eigenvalue weighted by Gasteiger charge is 2.12. The second-order valence-corrected chi connectivity index (χ2v) is 6.11. The summed E-state index contributed by atoms with van der Waals surface area (Å²) in [6.45, 7) is 1.63. The van der Waals surface area contributed by atoms with Crippen LogP contribution in [0.1, 0.15) is 35.9 Å². The number of aromatic nitrogens is 1. The predicted octanol–water partition coefficient (Wildman–Crippen LogP) is 3.82. The number of benzene rings is 1. The first-order valence-electron chi connectivity index (χ1n) is 6.78. The van der Waals surface area contributed by atoms with Crippen LogP contribution in [0.25, 0.3) is 11.3 Å². The van der Waals surface area contributed by atoms with Gasteiger partial charge in [0.1, 0.15) is 5.78 Å². The van der Waals surface area contributed by atoms with Gasteiger partial charge in [-0.25, -0.2) is 4.98 Å². The highest BCUT2D eigenvalue weighted by Crippen LogP contribution is 2.29. The average Bonchev–Trinajstić information content (AvgIpc) is 3.04. The SMILES string of the molecule is CC(=O)CCc1nc(-c2ccc3c(c2)CCC3)cs1. The quantitative estimate of drug-likeness (QED) is 0.846. The van der Waals surface area contributed by atoms with Gasteiger partial charge < -0.3 is 4.79 Å². The molecule has 0 aliphatic heterocycles. The fourth-order valence-electron chi connectivity index (χ4n) is 2.57. The topological polar surface area (TPSA) is 30.0 Å². The Balaban J connectivity index is 1.80. The number of Topliss-reactive ketones (excluding diaryl/α,β-unsaturated/α-hetero) is 1. The number of thiazole rings is 1. The normalized spacial score (nSPS) is 13.5. The van der Waals surface area contributed by atoms with Crippen molar-refractivity contribution in [2.24, 2.45) is 0 Å². The molecular weight excluding hydrogens is 254 g/mol. The van der Waals surface area contributed by atoms with E-state index in [1.807, 2.05) is 0 Å². The summed E-state index contributed by atoms with van der Waals surface area (Å²) in [4.78, 5) is 15.6. The smallest absolute Gasteiger partial charge is 0.130 e. The van der Waals surface area contributed by atoms with E-state index in [9.17, 15) is 4.79 Å². The van der Waals surface area contributed by atoms with Gasteiger partial charge in [-0.15, -0.1) is 11.3 Å². The number of carbonyl (C=O) groups excluding carboxylic acids is 1. The van der Waals surface area contributed by atoms with Crippen LogP contribution < -0.4 is 0 Å². The lowest BCUT2D eigenvalue weighted by molar-refractivity contribution is -0.116. The van der Waals surface area contributed by atoms with Gasteiger partial charge in [0.25, 0.3) is 0 Å². The number of hydrogen-bond acceptors (Lipinski definition) is 3. The van der Waals surface area contributed by atoms with E-state index in [1.165, 1.54) is 36.0 Å². The van der Waals surface area contributed by atoms with Crippen molar-refractivity contribution in [1.82, 2.24) is 4.98 Å². The number of nitrogens with zero attached hydrogens (tertiary/aromatic N) is 1. The molecule has 0 saturated carbocycles. The lowest BCUT2D eigenvalue weighted by Crippen LogP contribution is -1.93. The molecule has 0 N–H and O–H groups in total. The maximum atomic E-state index is 11.0. The third kappa shape index (κ3) is 2.76. The van der Waals surface area contributed by atoms with Crippen molar-refractivity contribution in [1.29, 1.82) is 0 Å². The van der Waals surface area contributed by atoms with Gasteiger partial charge in [0.2, 0.25) is 0 Å². The Labute approximate surface area is 117 Å². The summed E-state index contributed by atoms with van der Waals surface area (Å²) in [5.41, 5.74) is 5.25. The monoisotopic (exact) mass is 271 g/mol. The van der Waals surface area contributed by atoms with Crippen LogP contribution in [0.4, 0.5) is 0 Å². The second-order valence-electron chi connectivity index (χ2n) is 5.17. The number of hydrogen-bond donors (Lipinski definition) is 0. The standard InChI is InChI=1S/C16H17NOS/c1-11(18)5-8-16-17-15(10-19-16)14-7-6-12-3-2-4-13(12)9-14/h6-7,9-10H,2-5,8H2,1H3. The molecule has 1 aromatic heterocycles. The van der Waals surface area contributed by atoms with Gasteiger partial charge in [0, 0.05) is 23.8 Å². The molecule has 3 rings (SSSR count). The number of carbonyl (C=O) groups is 1. The molecule has 0 atom stereocenters. The zero-order valence-electron chi connectivity index (χ0n) is 11.1. The number of fused-ring (bicyclic) bond motifs is 1. The molecule has 0 unspecified atom stereocenters. The Hall–Kier alpha value is -1.48. The van der Waals surface area contributed by atoms with Gasteiger partial charge in [0.05, 0.1) is 10.7 Å². The van der Waals surface area contributed by atoms with Crippen molar-refractivity contribution in [2.75, 3.05) is 0 Å². The molecule has 2 nitrogen and oxygen atoms in total. The van der Waals surface area contributed by atoms with Crippen LogP contribution in [-0.4, -0.2) is 10.8 Å². The van der Waals surface area contributed by atoms with Crippen LogP contribution in [0.5, 0.6) is 0 Å².